The fraction of sp³-hybridized carbons (Fsp3) is 0.462. The largest absolute Gasteiger partial charge is 0.322 e. The number of ketones is 1. The molecular weight excluding hydrogens is 260 g/mol. The Bertz CT molecular complexity index is 585. The maximum absolute atomic E-state index is 12.2. The summed E-state index contributed by atoms with van der Waals surface area (Å²) >= 11 is 1.43. The van der Waals surface area contributed by atoms with Crippen LogP contribution in [0.3, 0.4) is 0 Å². The normalized spacial score (nSPS) is 12.6. The summed E-state index contributed by atoms with van der Waals surface area (Å²) in [4.78, 5) is 16.5. The molecule has 0 saturated heterocycles. The first-order valence-electron chi connectivity index (χ1n) is 6.28. The number of nitrogens with two attached hydrogens (primary N) is 1. The highest BCUT2D eigenvalue weighted by atomic mass is 32.1. The molecule has 0 amide bonds. The first kappa shape index (κ1) is 13.9. The van der Waals surface area contributed by atoms with E-state index in [0.717, 1.165) is 22.9 Å². The molecule has 19 heavy (non-hydrogen) atoms. The minimum absolute atomic E-state index is 0.0118. The minimum Gasteiger partial charge on any atom is -0.322 e. The molecule has 2 aromatic rings. The molecule has 0 bridgehead atoms. The van der Waals surface area contributed by atoms with Gasteiger partial charge in [-0.05, 0) is 26.8 Å². The van der Waals surface area contributed by atoms with Gasteiger partial charge in [-0.15, -0.1) is 11.3 Å². The predicted octanol–water partition coefficient (Wildman–Crippen LogP) is 2.11. The van der Waals surface area contributed by atoms with Gasteiger partial charge < -0.3 is 5.73 Å². The van der Waals surface area contributed by atoms with Crippen molar-refractivity contribution >= 4 is 17.1 Å². The van der Waals surface area contributed by atoms with Gasteiger partial charge in [0.1, 0.15) is 10.7 Å². The fourth-order valence-corrected chi connectivity index (χ4v) is 2.68. The zero-order valence-electron chi connectivity index (χ0n) is 11.4. The summed E-state index contributed by atoms with van der Waals surface area (Å²) < 4.78 is 1.85. The molecule has 0 radical (unpaired) electrons. The highest BCUT2D eigenvalue weighted by Gasteiger charge is 2.15. The van der Waals surface area contributed by atoms with Crippen LogP contribution in [-0.2, 0) is 13.0 Å². The number of hydrogen-bond acceptors (Lipinski definition) is 5. The Kier molecular flexibility index (Phi) is 4.11. The third-order valence-corrected chi connectivity index (χ3v) is 3.87. The number of carbonyl (C=O) groups excluding carboxylic acids is 1. The van der Waals surface area contributed by atoms with Gasteiger partial charge in [0.15, 0.2) is 5.78 Å². The lowest BCUT2D eigenvalue weighted by Crippen LogP contribution is -2.11. The lowest BCUT2D eigenvalue weighted by atomic mass is 10.1. The monoisotopic (exact) mass is 278 g/mol. The molecule has 5 nitrogen and oxygen atoms in total. The molecule has 2 heterocycles. The molecule has 2 N–H and O–H groups in total. The van der Waals surface area contributed by atoms with Crippen molar-refractivity contribution in [2.24, 2.45) is 5.73 Å². The molecule has 0 saturated carbocycles. The van der Waals surface area contributed by atoms with Crippen molar-refractivity contribution in [2.75, 3.05) is 0 Å². The zero-order chi connectivity index (χ0) is 14.0. The number of nitrogens with zero attached hydrogens (tertiary/aromatic N) is 3. The van der Waals surface area contributed by atoms with E-state index in [4.69, 9.17) is 5.73 Å². The van der Waals surface area contributed by atoms with Gasteiger partial charge in [0.05, 0.1) is 18.2 Å². The lowest BCUT2D eigenvalue weighted by molar-refractivity contribution is 0.0986. The van der Waals surface area contributed by atoms with Crippen LogP contribution in [0.5, 0.6) is 0 Å². The molecule has 0 fully saturated rings. The van der Waals surface area contributed by atoms with Gasteiger partial charge in [0, 0.05) is 17.6 Å². The maximum atomic E-state index is 12.2. The van der Waals surface area contributed by atoms with Gasteiger partial charge in [-0.2, -0.15) is 5.10 Å². The number of Topliss-reactive ketones (excluding diaryl/α,β-unsaturated/α-hetero) is 1. The van der Waals surface area contributed by atoms with Gasteiger partial charge in [0.2, 0.25) is 0 Å². The summed E-state index contributed by atoms with van der Waals surface area (Å²) in [6.07, 6.45) is 0.330. The molecule has 0 aromatic carbocycles. The summed E-state index contributed by atoms with van der Waals surface area (Å²) in [6, 6.07) is 1.82. The third kappa shape index (κ3) is 3.08. The summed E-state index contributed by atoms with van der Waals surface area (Å²) in [6.45, 7) is 6.57. The molecule has 102 valence electrons. The van der Waals surface area contributed by atoms with E-state index < -0.39 is 0 Å². The van der Waals surface area contributed by atoms with Crippen molar-refractivity contribution in [1.82, 2.24) is 14.8 Å². The average molecular weight is 278 g/mol. The highest BCUT2D eigenvalue weighted by molar-refractivity contribution is 7.09. The van der Waals surface area contributed by atoms with Crippen LogP contribution in [0.4, 0.5) is 0 Å². The molecular formula is C13H18N4OS. The topological polar surface area (TPSA) is 73.8 Å². The van der Waals surface area contributed by atoms with E-state index in [-0.39, 0.29) is 11.8 Å². The molecule has 0 aliphatic carbocycles. The van der Waals surface area contributed by atoms with Gasteiger partial charge >= 0.3 is 0 Å². The van der Waals surface area contributed by atoms with Crippen molar-refractivity contribution < 1.29 is 4.79 Å². The second kappa shape index (κ2) is 5.63. The molecule has 6 heteroatoms. The van der Waals surface area contributed by atoms with E-state index in [2.05, 4.69) is 10.1 Å². The first-order valence-corrected chi connectivity index (χ1v) is 7.16. The van der Waals surface area contributed by atoms with E-state index in [9.17, 15) is 4.79 Å². The van der Waals surface area contributed by atoms with E-state index in [1.807, 2.05) is 31.5 Å². The van der Waals surface area contributed by atoms with Crippen LogP contribution < -0.4 is 5.73 Å². The number of hydrogen-bond donors (Lipinski definition) is 1. The first-order chi connectivity index (χ1) is 9.01. The minimum atomic E-state index is -0.130. The lowest BCUT2D eigenvalue weighted by Gasteiger charge is -2.02. The Morgan fingerprint density at radius 3 is 2.89 bits per heavy atom. The number of thiazole rings is 1. The third-order valence-electron chi connectivity index (χ3n) is 2.82. The standard InChI is InChI=1S/C13H18N4OS/c1-4-17-10(5-8(2)16-17)6-12(18)11-7-19-13(15-11)9(3)14/h5,7,9H,4,6,14H2,1-3H3. The number of aryl methyl sites for hydroxylation is 2. The van der Waals surface area contributed by atoms with E-state index in [1.54, 1.807) is 5.38 Å². The van der Waals surface area contributed by atoms with E-state index in [1.165, 1.54) is 11.3 Å². The number of aromatic nitrogens is 3. The maximum Gasteiger partial charge on any atom is 0.187 e. The van der Waals surface area contributed by atoms with E-state index >= 15 is 0 Å². The van der Waals surface area contributed by atoms with Crippen molar-refractivity contribution in [3.05, 3.63) is 33.5 Å². The van der Waals surface area contributed by atoms with Crippen LogP contribution in [-0.4, -0.2) is 20.5 Å². The molecule has 1 unspecified atom stereocenters. The SMILES string of the molecule is CCn1nc(C)cc1CC(=O)c1csc(C(C)N)n1. The summed E-state index contributed by atoms with van der Waals surface area (Å²) in [7, 11) is 0. The van der Waals surface area contributed by atoms with Crippen molar-refractivity contribution in [2.45, 2.75) is 39.8 Å². The van der Waals surface area contributed by atoms with Crippen LogP contribution in [0.15, 0.2) is 11.4 Å². The van der Waals surface area contributed by atoms with Crippen LogP contribution in [0.1, 0.15) is 46.8 Å². The summed E-state index contributed by atoms with van der Waals surface area (Å²) in [5.74, 6) is 0.0118. The molecule has 2 rings (SSSR count). The van der Waals surface area contributed by atoms with Crippen LogP contribution in [0.2, 0.25) is 0 Å². The smallest absolute Gasteiger partial charge is 0.187 e. The number of rotatable bonds is 5. The quantitative estimate of drug-likeness (QED) is 0.850. The highest BCUT2D eigenvalue weighted by Crippen LogP contribution is 2.17. The van der Waals surface area contributed by atoms with Crippen molar-refractivity contribution in [3.63, 3.8) is 0 Å². The van der Waals surface area contributed by atoms with Crippen molar-refractivity contribution in [3.8, 4) is 0 Å². The van der Waals surface area contributed by atoms with Gasteiger partial charge in [-0.25, -0.2) is 4.98 Å². The Morgan fingerprint density at radius 2 is 2.32 bits per heavy atom. The van der Waals surface area contributed by atoms with Gasteiger partial charge in [-0.3, -0.25) is 9.48 Å². The second-order valence-electron chi connectivity index (χ2n) is 4.55. The Labute approximate surface area is 116 Å². The molecule has 0 aliphatic heterocycles. The van der Waals surface area contributed by atoms with Gasteiger partial charge in [0.25, 0.3) is 0 Å². The van der Waals surface area contributed by atoms with Crippen LogP contribution >= 0.6 is 11.3 Å². The van der Waals surface area contributed by atoms with Gasteiger partial charge in [-0.1, -0.05) is 0 Å². The van der Waals surface area contributed by atoms with Crippen molar-refractivity contribution in [1.29, 1.82) is 0 Å². The van der Waals surface area contributed by atoms with Crippen LogP contribution in [0, 0.1) is 6.92 Å². The molecule has 0 spiro atoms. The summed E-state index contributed by atoms with van der Waals surface area (Å²) in [5, 5.41) is 6.91. The molecule has 0 aliphatic rings. The second-order valence-corrected chi connectivity index (χ2v) is 5.44. The Balaban J connectivity index is 2.15. The zero-order valence-corrected chi connectivity index (χ0v) is 12.2. The van der Waals surface area contributed by atoms with E-state index in [0.29, 0.717) is 12.1 Å². The number of carbonyl (C=O) groups is 1. The van der Waals surface area contributed by atoms with Crippen LogP contribution in [0.25, 0.3) is 0 Å². The Hall–Kier alpha value is -1.53. The molecule has 2 aromatic heterocycles. The average Bonchev–Trinajstić information content (AvgIpc) is 2.95. The summed E-state index contributed by atoms with van der Waals surface area (Å²) in [5.41, 5.74) is 8.11. The predicted molar refractivity (Wildman–Crippen MR) is 75.4 cm³/mol. The Morgan fingerprint density at radius 1 is 1.58 bits per heavy atom. The fourth-order valence-electron chi connectivity index (χ4n) is 1.90. The molecule has 1 atom stereocenters.